The average molecular weight is 240 g/mol. The SMILES string of the molecule is CC(C)(C)N(CCN1C=CC=CC1O)C(=O)O. The Balaban J connectivity index is 2.56. The molecule has 1 unspecified atom stereocenters. The molecule has 1 heterocycles. The van der Waals surface area contributed by atoms with E-state index in [9.17, 15) is 9.90 Å². The molecule has 0 aromatic carbocycles. The maximum atomic E-state index is 11.1. The zero-order valence-corrected chi connectivity index (χ0v) is 10.5. The fourth-order valence-corrected chi connectivity index (χ4v) is 1.66. The molecule has 0 fully saturated rings. The third kappa shape index (κ3) is 3.78. The molecule has 0 bridgehead atoms. The quantitative estimate of drug-likeness (QED) is 0.784. The number of allylic oxidation sites excluding steroid dienone is 2. The van der Waals surface area contributed by atoms with Gasteiger partial charge in [0.25, 0.3) is 0 Å². The van der Waals surface area contributed by atoms with Gasteiger partial charge in [0.15, 0.2) is 0 Å². The number of nitrogens with zero attached hydrogens (tertiary/aromatic N) is 2. The Labute approximate surface area is 102 Å². The van der Waals surface area contributed by atoms with E-state index >= 15 is 0 Å². The van der Waals surface area contributed by atoms with Gasteiger partial charge in [0.05, 0.1) is 0 Å². The Hall–Kier alpha value is -1.49. The lowest BCUT2D eigenvalue weighted by atomic mass is 10.1. The van der Waals surface area contributed by atoms with Crippen molar-refractivity contribution in [3.8, 4) is 0 Å². The van der Waals surface area contributed by atoms with Gasteiger partial charge in [-0.15, -0.1) is 0 Å². The number of aliphatic hydroxyl groups is 1. The van der Waals surface area contributed by atoms with E-state index in [0.717, 1.165) is 0 Å². The van der Waals surface area contributed by atoms with Gasteiger partial charge >= 0.3 is 6.09 Å². The van der Waals surface area contributed by atoms with Crippen LogP contribution in [0.4, 0.5) is 4.79 Å². The van der Waals surface area contributed by atoms with Crippen LogP contribution in [0, 0.1) is 0 Å². The molecular formula is C12H20N2O3. The molecule has 0 aromatic heterocycles. The number of hydrogen-bond acceptors (Lipinski definition) is 3. The van der Waals surface area contributed by atoms with E-state index in [1.807, 2.05) is 26.8 Å². The van der Waals surface area contributed by atoms with E-state index in [0.29, 0.717) is 13.1 Å². The van der Waals surface area contributed by atoms with Crippen LogP contribution in [0.25, 0.3) is 0 Å². The summed E-state index contributed by atoms with van der Waals surface area (Å²) in [6, 6.07) is 0. The Morgan fingerprint density at radius 3 is 2.53 bits per heavy atom. The van der Waals surface area contributed by atoms with Gasteiger partial charge in [-0.2, -0.15) is 0 Å². The molecule has 17 heavy (non-hydrogen) atoms. The first-order valence-corrected chi connectivity index (χ1v) is 5.62. The molecule has 0 radical (unpaired) electrons. The summed E-state index contributed by atoms with van der Waals surface area (Å²) in [5, 5.41) is 18.8. The summed E-state index contributed by atoms with van der Waals surface area (Å²) in [5.41, 5.74) is -0.438. The second-order valence-electron chi connectivity index (χ2n) is 4.98. The summed E-state index contributed by atoms with van der Waals surface area (Å²) in [5.74, 6) is 0. The van der Waals surface area contributed by atoms with E-state index < -0.39 is 17.9 Å². The van der Waals surface area contributed by atoms with Crippen molar-refractivity contribution in [2.75, 3.05) is 13.1 Å². The van der Waals surface area contributed by atoms with Crippen LogP contribution >= 0.6 is 0 Å². The summed E-state index contributed by atoms with van der Waals surface area (Å²) in [6.07, 6.45) is 5.38. The fraction of sp³-hybridized carbons (Fsp3) is 0.583. The van der Waals surface area contributed by atoms with Crippen molar-refractivity contribution in [2.45, 2.75) is 32.5 Å². The fourth-order valence-electron chi connectivity index (χ4n) is 1.66. The van der Waals surface area contributed by atoms with Crippen LogP contribution in [0.2, 0.25) is 0 Å². The van der Waals surface area contributed by atoms with Crippen molar-refractivity contribution < 1.29 is 15.0 Å². The zero-order chi connectivity index (χ0) is 13.1. The summed E-state index contributed by atoms with van der Waals surface area (Å²) in [4.78, 5) is 14.2. The van der Waals surface area contributed by atoms with Crippen LogP contribution in [-0.4, -0.2) is 51.0 Å². The third-order valence-corrected chi connectivity index (χ3v) is 2.63. The average Bonchev–Trinajstić information content (AvgIpc) is 2.18. The first-order chi connectivity index (χ1) is 7.82. The minimum atomic E-state index is -0.941. The first-order valence-electron chi connectivity index (χ1n) is 5.62. The lowest BCUT2D eigenvalue weighted by Gasteiger charge is -2.35. The second kappa shape index (κ2) is 5.23. The van der Waals surface area contributed by atoms with Crippen LogP contribution in [0.3, 0.4) is 0 Å². The second-order valence-corrected chi connectivity index (χ2v) is 4.98. The molecule has 1 aliphatic heterocycles. The van der Waals surface area contributed by atoms with E-state index in [2.05, 4.69) is 0 Å². The maximum absolute atomic E-state index is 11.1. The molecule has 1 rings (SSSR count). The van der Waals surface area contributed by atoms with Crippen LogP contribution in [-0.2, 0) is 0 Å². The highest BCUT2D eigenvalue weighted by molar-refractivity contribution is 5.65. The minimum Gasteiger partial charge on any atom is -0.465 e. The van der Waals surface area contributed by atoms with Gasteiger partial charge < -0.3 is 20.0 Å². The van der Waals surface area contributed by atoms with Crippen LogP contribution in [0.1, 0.15) is 20.8 Å². The third-order valence-electron chi connectivity index (χ3n) is 2.63. The molecule has 5 nitrogen and oxygen atoms in total. The van der Waals surface area contributed by atoms with Crippen molar-refractivity contribution in [1.29, 1.82) is 0 Å². The van der Waals surface area contributed by atoms with Crippen molar-refractivity contribution >= 4 is 6.09 Å². The maximum Gasteiger partial charge on any atom is 0.407 e. The lowest BCUT2D eigenvalue weighted by molar-refractivity contribution is 0.0532. The molecule has 1 atom stereocenters. The number of hydrogen-bond donors (Lipinski definition) is 2. The molecule has 1 aliphatic rings. The molecule has 2 N–H and O–H groups in total. The van der Waals surface area contributed by atoms with Crippen molar-refractivity contribution in [1.82, 2.24) is 9.80 Å². The van der Waals surface area contributed by atoms with Crippen molar-refractivity contribution in [3.05, 3.63) is 24.4 Å². The predicted octanol–water partition coefficient (Wildman–Crippen LogP) is 1.47. The van der Waals surface area contributed by atoms with Crippen molar-refractivity contribution in [3.63, 3.8) is 0 Å². The highest BCUT2D eigenvalue weighted by Crippen LogP contribution is 2.14. The van der Waals surface area contributed by atoms with E-state index in [4.69, 9.17) is 5.11 Å². The van der Waals surface area contributed by atoms with Gasteiger partial charge in [-0.1, -0.05) is 6.08 Å². The number of aliphatic hydroxyl groups excluding tert-OH is 1. The Kier molecular flexibility index (Phi) is 4.17. The normalized spacial score (nSPS) is 19.5. The van der Waals surface area contributed by atoms with E-state index in [1.165, 1.54) is 4.90 Å². The first kappa shape index (κ1) is 13.6. The standard InChI is InChI=1S/C12H20N2O3/c1-12(2,3)14(11(16)17)9-8-13-7-5-4-6-10(13)15/h4-7,10,15H,8-9H2,1-3H3,(H,16,17). The topological polar surface area (TPSA) is 64.0 Å². The number of rotatable bonds is 3. The zero-order valence-electron chi connectivity index (χ0n) is 10.5. The molecule has 0 spiro atoms. The Morgan fingerprint density at radius 2 is 2.06 bits per heavy atom. The van der Waals surface area contributed by atoms with Crippen LogP contribution in [0.15, 0.2) is 24.4 Å². The highest BCUT2D eigenvalue weighted by Gasteiger charge is 2.26. The molecule has 0 saturated heterocycles. The largest absolute Gasteiger partial charge is 0.465 e. The van der Waals surface area contributed by atoms with Gasteiger partial charge in [-0.25, -0.2) is 4.79 Å². The molecule has 5 heteroatoms. The summed E-state index contributed by atoms with van der Waals surface area (Å²) in [6.45, 7) is 6.37. The lowest BCUT2D eigenvalue weighted by Crippen LogP contribution is -2.48. The van der Waals surface area contributed by atoms with Gasteiger partial charge in [0.2, 0.25) is 0 Å². The van der Waals surface area contributed by atoms with Gasteiger partial charge in [0.1, 0.15) is 6.23 Å². The summed E-state index contributed by atoms with van der Waals surface area (Å²) in [7, 11) is 0. The molecule has 0 saturated carbocycles. The van der Waals surface area contributed by atoms with E-state index in [-0.39, 0.29) is 0 Å². The monoisotopic (exact) mass is 240 g/mol. The Morgan fingerprint density at radius 1 is 1.41 bits per heavy atom. The van der Waals surface area contributed by atoms with Gasteiger partial charge in [0, 0.05) is 24.8 Å². The number of carboxylic acid groups (broad SMARTS) is 1. The minimum absolute atomic E-state index is 0.355. The predicted molar refractivity (Wildman–Crippen MR) is 65.5 cm³/mol. The highest BCUT2D eigenvalue weighted by atomic mass is 16.4. The van der Waals surface area contributed by atoms with Crippen LogP contribution < -0.4 is 0 Å². The van der Waals surface area contributed by atoms with Crippen molar-refractivity contribution in [2.24, 2.45) is 0 Å². The van der Waals surface area contributed by atoms with Gasteiger partial charge in [-0.05, 0) is 32.9 Å². The molecule has 96 valence electrons. The number of carbonyl (C=O) groups is 1. The smallest absolute Gasteiger partial charge is 0.407 e. The van der Waals surface area contributed by atoms with Crippen LogP contribution in [0.5, 0.6) is 0 Å². The van der Waals surface area contributed by atoms with E-state index in [1.54, 1.807) is 23.3 Å². The van der Waals surface area contributed by atoms with Gasteiger partial charge in [-0.3, -0.25) is 0 Å². The molecule has 0 aromatic rings. The molecule has 1 amide bonds. The molecule has 0 aliphatic carbocycles. The Bertz CT molecular complexity index is 331. The molecular weight excluding hydrogens is 220 g/mol. The number of amides is 1. The summed E-state index contributed by atoms with van der Waals surface area (Å²) >= 11 is 0. The summed E-state index contributed by atoms with van der Waals surface area (Å²) < 4.78 is 0.